The highest BCUT2D eigenvalue weighted by Gasteiger charge is 2.40. The minimum absolute atomic E-state index is 0.00704. The number of hydrogen-bond acceptors (Lipinski definition) is 7. The van der Waals surface area contributed by atoms with Gasteiger partial charge in [-0.25, -0.2) is 18.4 Å². The lowest BCUT2D eigenvalue weighted by Gasteiger charge is -2.33. The van der Waals surface area contributed by atoms with Crippen LogP contribution in [0, 0.1) is 11.8 Å². The average Bonchev–Trinajstić information content (AvgIpc) is 3.58. The van der Waals surface area contributed by atoms with Crippen LogP contribution in [0.25, 0.3) is 6.08 Å². The summed E-state index contributed by atoms with van der Waals surface area (Å²) in [5, 5.41) is 17.9. The second-order valence-corrected chi connectivity index (χ2v) is 12.3. The Morgan fingerprint density at radius 3 is 2.43 bits per heavy atom. The van der Waals surface area contributed by atoms with Gasteiger partial charge in [-0.3, -0.25) is 14.4 Å². The molecule has 2 aliphatic carbocycles. The van der Waals surface area contributed by atoms with Crippen molar-refractivity contribution in [3.8, 4) is 0 Å². The lowest BCUT2D eigenvalue weighted by atomic mass is 9.81. The molecule has 2 aromatic heterocycles. The Labute approximate surface area is 268 Å². The van der Waals surface area contributed by atoms with Crippen LogP contribution in [0.3, 0.4) is 0 Å². The molecular formula is C30H40F5N9O3. The third-order valence-corrected chi connectivity index (χ3v) is 8.56. The molecule has 2 aromatic rings. The molecule has 2 atom stereocenters. The van der Waals surface area contributed by atoms with Crippen LogP contribution in [0.4, 0.5) is 22.0 Å². The highest BCUT2D eigenvalue weighted by atomic mass is 19.4. The van der Waals surface area contributed by atoms with Gasteiger partial charge in [-0.05, 0) is 56.1 Å². The highest BCUT2D eigenvalue weighted by Crippen LogP contribution is 2.42. The molecule has 0 bridgehead atoms. The number of aromatic nitrogens is 5. The molecule has 2 aliphatic rings. The molecule has 2 fully saturated rings. The molecule has 3 amide bonds. The van der Waals surface area contributed by atoms with Gasteiger partial charge in [-0.15, -0.1) is 5.10 Å². The summed E-state index contributed by atoms with van der Waals surface area (Å²) >= 11 is 0. The number of hydrogen-bond donors (Lipinski definition) is 2. The van der Waals surface area contributed by atoms with E-state index in [2.05, 4.69) is 37.6 Å². The van der Waals surface area contributed by atoms with Crippen LogP contribution in [0.2, 0.25) is 0 Å². The van der Waals surface area contributed by atoms with Crippen molar-refractivity contribution in [1.29, 1.82) is 0 Å². The normalized spacial score (nSPS) is 18.3. The van der Waals surface area contributed by atoms with Gasteiger partial charge in [0.2, 0.25) is 17.7 Å². The van der Waals surface area contributed by atoms with Crippen LogP contribution in [0.1, 0.15) is 93.3 Å². The zero-order valence-corrected chi connectivity index (χ0v) is 26.6. The summed E-state index contributed by atoms with van der Waals surface area (Å²) in [6, 6.07) is -1.31. The van der Waals surface area contributed by atoms with Gasteiger partial charge >= 0.3 is 6.18 Å². The van der Waals surface area contributed by atoms with Crippen molar-refractivity contribution in [3.63, 3.8) is 0 Å². The van der Waals surface area contributed by atoms with Gasteiger partial charge in [0.05, 0.1) is 43.1 Å². The number of nitrogens with one attached hydrogen (secondary N) is 2. The molecule has 0 radical (unpaired) electrons. The minimum atomic E-state index is -4.45. The first-order chi connectivity index (χ1) is 22.0. The monoisotopic (exact) mass is 669 g/mol. The number of likely N-dealkylation sites (N-methyl/N-ethyl adjacent to an activating group) is 1. The predicted molar refractivity (Wildman–Crippen MR) is 161 cm³/mol. The lowest BCUT2D eigenvalue weighted by Crippen LogP contribution is -2.38. The summed E-state index contributed by atoms with van der Waals surface area (Å²) in [4.78, 5) is 44.6. The first-order valence-electron chi connectivity index (χ1n) is 15.5. The van der Waals surface area contributed by atoms with Crippen LogP contribution in [-0.4, -0.2) is 85.7 Å². The Hall–Kier alpha value is -4.18. The van der Waals surface area contributed by atoms with Gasteiger partial charge in [-0.2, -0.15) is 28.2 Å². The predicted octanol–water partition coefficient (Wildman–Crippen LogP) is 4.35. The van der Waals surface area contributed by atoms with E-state index in [0.29, 0.717) is 17.8 Å². The number of rotatable bonds is 14. The third-order valence-electron chi connectivity index (χ3n) is 8.56. The van der Waals surface area contributed by atoms with Crippen LogP contribution in [0.5, 0.6) is 0 Å². The fraction of sp³-hybridized carbons (Fsp3) is 0.633. The number of imidazole rings is 1. The summed E-state index contributed by atoms with van der Waals surface area (Å²) in [5.41, 5.74) is 0.972. The number of nitrogens with zero attached hydrogens (tertiary/aromatic N) is 7. The molecule has 0 aromatic carbocycles. The highest BCUT2D eigenvalue weighted by molar-refractivity contribution is 5.92. The molecular weight excluding hydrogens is 629 g/mol. The van der Waals surface area contributed by atoms with E-state index in [1.54, 1.807) is 20.0 Å². The Morgan fingerprint density at radius 2 is 1.83 bits per heavy atom. The molecule has 0 unspecified atom stereocenters. The van der Waals surface area contributed by atoms with E-state index < -0.39 is 54.8 Å². The van der Waals surface area contributed by atoms with Crippen molar-refractivity contribution < 1.29 is 36.3 Å². The van der Waals surface area contributed by atoms with Gasteiger partial charge < -0.3 is 15.5 Å². The van der Waals surface area contributed by atoms with Gasteiger partial charge in [-0.1, -0.05) is 0 Å². The van der Waals surface area contributed by atoms with Gasteiger partial charge in [0.25, 0.3) is 5.91 Å². The molecule has 2 heterocycles. The molecule has 0 aliphatic heterocycles. The smallest absolute Gasteiger partial charge is 0.349 e. The van der Waals surface area contributed by atoms with Crippen LogP contribution in [-0.2, 0) is 16.1 Å². The molecule has 258 valence electrons. The minimum Gasteiger partial charge on any atom is -0.349 e. The van der Waals surface area contributed by atoms with E-state index in [9.17, 15) is 36.3 Å². The zero-order valence-electron chi connectivity index (χ0n) is 26.6. The van der Waals surface area contributed by atoms with Crippen molar-refractivity contribution in [2.24, 2.45) is 16.9 Å². The van der Waals surface area contributed by atoms with E-state index >= 15 is 0 Å². The molecule has 0 spiro atoms. The summed E-state index contributed by atoms with van der Waals surface area (Å²) in [6.07, 6.45) is -0.770. The summed E-state index contributed by atoms with van der Waals surface area (Å²) in [6.45, 7) is 7.31. The third kappa shape index (κ3) is 10.2. The SMILES string of the molecule is C=Nn1cc([C@@H](NC(=O)c2cnn(CCN(C)C(C)=O)n2)C2CCC(F)(F)CC2)nc1/C=C(\C)[C@H](NC(=O)CCC(F)(F)F)C1CC1. The molecule has 2 N–H and O–H groups in total. The molecule has 17 heteroatoms. The first-order valence-corrected chi connectivity index (χ1v) is 15.5. The molecule has 47 heavy (non-hydrogen) atoms. The summed E-state index contributed by atoms with van der Waals surface area (Å²) < 4.78 is 67.5. The summed E-state index contributed by atoms with van der Waals surface area (Å²) in [5.74, 6) is -4.30. The average molecular weight is 670 g/mol. The van der Waals surface area contributed by atoms with E-state index in [1.807, 2.05) is 0 Å². The molecule has 12 nitrogen and oxygen atoms in total. The topological polar surface area (TPSA) is 139 Å². The largest absolute Gasteiger partial charge is 0.389 e. The van der Waals surface area contributed by atoms with E-state index in [4.69, 9.17) is 0 Å². The second kappa shape index (κ2) is 14.7. The maximum absolute atomic E-state index is 14.1. The molecule has 4 rings (SSSR count). The number of amides is 3. The van der Waals surface area contributed by atoms with Crippen molar-refractivity contribution >= 4 is 30.5 Å². The second-order valence-electron chi connectivity index (χ2n) is 12.3. The Morgan fingerprint density at radius 1 is 1.15 bits per heavy atom. The maximum atomic E-state index is 14.1. The van der Waals surface area contributed by atoms with Gasteiger partial charge in [0.1, 0.15) is 0 Å². The quantitative estimate of drug-likeness (QED) is 0.227. The van der Waals surface area contributed by atoms with Crippen LogP contribution < -0.4 is 10.6 Å². The standard InChI is InChI=1S/C30H40F5N9O3/c1-18(26(20-5-6-20)39-25(46)9-12-30(33,34)35)15-24-38-23(17-43(24)36-3)27(21-7-10-29(31,32)11-8-21)40-28(47)22-16-37-44(41-22)14-13-42(4)19(2)45/h15-17,20-21,26-27H,3,5-14H2,1-2,4H3,(H,39,46)(H,40,47)/b18-15+/t26-,27-/m0/s1. The van der Waals surface area contributed by atoms with E-state index in [1.165, 1.54) is 33.7 Å². The molecule has 2 saturated carbocycles. The van der Waals surface area contributed by atoms with Crippen molar-refractivity contribution in [3.05, 3.63) is 35.2 Å². The number of carbonyl (C=O) groups excluding carboxylic acids is 3. The van der Waals surface area contributed by atoms with E-state index in [0.717, 1.165) is 12.8 Å². The van der Waals surface area contributed by atoms with Crippen molar-refractivity contribution in [2.45, 2.75) is 95.9 Å². The Balaban J connectivity index is 1.56. The fourth-order valence-corrected chi connectivity index (χ4v) is 5.54. The Bertz CT molecular complexity index is 1470. The number of alkyl halides is 5. The van der Waals surface area contributed by atoms with Gasteiger partial charge in [0.15, 0.2) is 11.5 Å². The van der Waals surface area contributed by atoms with Crippen molar-refractivity contribution in [1.82, 2.24) is 40.2 Å². The summed E-state index contributed by atoms with van der Waals surface area (Å²) in [7, 11) is 1.63. The van der Waals surface area contributed by atoms with Crippen LogP contribution >= 0.6 is 0 Å². The van der Waals surface area contributed by atoms with E-state index in [-0.39, 0.29) is 55.6 Å². The zero-order chi connectivity index (χ0) is 34.5. The van der Waals surface area contributed by atoms with Crippen molar-refractivity contribution in [2.75, 3.05) is 13.6 Å². The van der Waals surface area contributed by atoms with Gasteiger partial charge in [0, 0.05) is 46.5 Å². The number of halogens is 5. The lowest BCUT2D eigenvalue weighted by molar-refractivity contribution is -0.144. The Kier molecular flexibility index (Phi) is 11.2. The maximum Gasteiger partial charge on any atom is 0.389 e. The first kappa shape index (κ1) is 35.7. The molecule has 0 saturated heterocycles. The van der Waals surface area contributed by atoms with Crippen LogP contribution in [0.15, 0.2) is 23.1 Å². The number of carbonyl (C=O) groups is 3. The fourth-order valence-electron chi connectivity index (χ4n) is 5.54.